The van der Waals surface area contributed by atoms with Crippen molar-refractivity contribution >= 4 is 11.6 Å². The summed E-state index contributed by atoms with van der Waals surface area (Å²) in [5, 5.41) is 0.248. The van der Waals surface area contributed by atoms with Gasteiger partial charge in [0.05, 0.1) is 0 Å². The molecule has 0 bridgehead atoms. The molecule has 0 saturated carbocycles. The molecule has 18 heavy (non-hydrogen) atoms. The summed E-state index contributed by atoms with van der Waals surface area (Å²) >= 11 is 5.71. The van der Waals surface area contributed by atoms with E-state index < -0.39 is 6.36 Å². The molecule has 0 heterocycles. The summed E-state index contributed by atoms with van der Waals surface area (Å²) in [4.78, 5) is 0. The van der Waals surface area contributed by atoms with E-state index in [0.717, 1.165) is 11.6 Å². The first kappa shape index (κ1) is 17.1. The van der Waals surface area contributed by atoms with Gasteiger partial charge in [-0.25, -0.2) is 0 Å². The Bertz CT molecular complexity index is 362. The fourth-order valence-electron chi connectivity index (χ4n) is 1.40. The highest BCUT2D eigenvalue weighted by Gasteiger charge is 2.31. The van der Waals surface area contributed by atoms with Crippen LogP contribution in [0.15, 0.2) is 18.2 Å². The van der Waals surface area contributed by atoms with Crippen LogP contribution in [0, 0.1) is 5.92 Å². The molecule has 1 rings (SSSR count). The maximum absolute atomic E-state index is 12.0. The molecule has 0 atom stereocenters. The fourth-order valence-corrected chi connectivity index (χ4v) is 1.65. The predicted molar refractivity (Wildman–Crippen MR) is 68.0 cm³/mol. The molecule has 1 aromatic rings. The summed E-state index contributed by atoms with van der Waals surface area (Å²) in [6, 6.07) is 4.16. The van der Waals surface area contributed by atoms with Crippen molar-refractivity contribution in [1.29, 1.82) is 0 Å². The van der Waals surface area contributed by atoms with Gasteiger partial charge in [-0.2, -0.15) is 0 Å². The lowest BCUT2D eigenvalue weighted by Gasteiger charge is -2.11. The highest BCUT2D eigenvalue weighted by molar-refractivity contribution is 6.30. The molecule has 0 aromatic heterocycles. The summed E-state index contributed by atoms with van der Waals surface area (Å²) in [5.41, 5.74) is 0.738. The Hall–Kier alpha value is -0.900. The number of hydrogen-bond donors (Lipinski definition) is 0. The monoisotopic (exact) mass is 282 g/mol. The van der Waals surface area contributed by atoms with Crippen LogP contribution in [0.1, 0.15) is 33.3 Å². The van der Waals surface area contributed by atoms with E-state index in [2.05, 4.69) is 4.74 Å². The maximum atomic E-state index is 12.0. The van der Waals surface area contributed by atoms with Crippen molar-refractivity contribution in [2.75, 3.05) is 0 Å². The highest BCUT2D eigenvalue weighted by atomic mass is 35.5. The van der Waals surface area contributed by atoms with E-state index >= 15 is 0 Å². The molecule has 5 heteroatoms. The van der Waals surface area contributed by atoms with E-state index in [1.807, 2.05) is 27.7 Å². The standard InChI is InChI=1S/C11H12ClF3O.C2H6/c1-7(2)3-8-4-9(12)6-10(5-8)16-11(13,14)15;1-2/h4-7H,3H2,1-2H3;1-2H3. The van der Waals surface area contributed by atoms with Crippen molar-refractivity contribution in [2.24, 2.45) is 5.92 Å². The molecule has 0 amide bonds. The zero-order chi connectivity index (χ0) is 14.3. The van der Waals surface area contributed by atoms with E-state index in [0.29, 0.717) is 12.3 Å². The van der Waals surface area contributed by atoms with Crippen LogP contribution in [-0.4, -0.2) is 6.36 Å². The fraction of sp³-hybridized carbons (Fsp3) is 0.538. The second-order valence-corrected chi connectivity index (χ2v) is 4.38. The van der Waals surface area contributed by atoms with Crippen molar-refractivity contribution in [3.05, 3.63) is 28.8 Å². The molecule has 0 aliphatic carbocycles. The first-order chi connectivity index (χ1) is 8.26. The minimum atomic E-state index is -4.68. The summed E-state index contributed by atoms with van der Waals surface area (Å²) in [6.45, 7) is 7.95. The first-order valence-corrected chi connectivity index (χ1v) is 6.19. The topological polar surface area (TPSA) is 9.23 Å². The zero-order valence-corrected chi connectivity index (χ0v) is 11.7. The normalized spacial score (nSPS) is 10.9. The minimum Gasteiger partial charge on any atom is -0.406 e. The van der Waals surface area contributed by atoms with Gasteiger partial charge in [0.2, 0.25) is 0 Å². The van der Waals surface area contributed by atoms with Crippen molar-refractivity contribution < 1.29 is 17.9 Å². The van der Waals surface area contributed by atoms with Crippen LogP contribution in [0.3, 0.4) is 0 Å². The third kappa shape index (κ3) is 7.43. The van der Waals surface area contributed by atoms with Crippen molar-refractivity contribution in [1.82, 2.24) is 0 Å². The number of hydrogen-bond acceptors (Lipinski definition) is 1. The van der Waals surface area contributed by atoms with Crippen LogP contribution in [0.4, 0.5) is 13.2 Å². The lowest BCUT2D eigenvalue weighted by molar-refractivity contribution is -0.274. The second-order valence-electron chi connectivity index (χ2n) is 3.94. The van der Waals surface area contributed by atoms with E-state index in [1.54, 1.807) is 6.07 Å². The average molecular weight is 283 g/mol. The molecular weight excluding hydrogens is 265 g/mol. The minimum absolute atomic E-state index is 0.248. The van der Waals surface area contributed by atoms with Gasteiger partial charge in [-0.3, -0.25) is 0 Å². The van der Waals surface area contributed by atoms with Gasteiger partial charge in [-0.15, -0.1) is 13.2 Å². The summed E-state index contributed by atoms with van der Waals surface area (Å²) in [5.74, 6) is 0.0767. The largest absolute Gasteiger partial charge is 0.573 e. The lowest BCUT2D eigenvalue weighted by atomic mass is 10.0. The van der Waals surface area contributed by atoms with Crippen molar-refractivity contribution in [3.63, 3.8) is 0 Å². The van der Waals surface area contributed by atoms with Crippen LogP contribution in [0.2, 0.25) is 5.02 Å². The summed E-state index contributed by atoms with van der Waals surface area (Å²) < 4.78 is 39.8. The molecule has 0 saturated heterocycles. The van der Waals surface area contributed by atoms with Gasteiger partial charge in [0, 0.05) is 5.02 Å². The molecule has 0 aliphatic rings. The Morgan fingerprint density at radius 1 is 1.17 bits per heavy atom. The Morgan fingerprint density at radius 3 is 2.17 bits per heavy atom. The van der Waals surface area contributed by atoms with E-state index in [4.69, 9.17) is 11.6 Å². The maximum Gasteiger partial charge on any atom is 0.573 e. The van der Waals surface area contributed by atoms with Gasteiger partial charge in [0.25, 0.3) is 0 Å². The Morgan fingerprint density at radius 2 is 1.72 bits per heavy atom. The van der Waals surface area contributed by atoms with Gasteiger partial charge >= 0.3 is 6.36 Å². The SMILES string of the molecule is CC.CC(C)Cc1cc(Cl)cc(OC(F)(F)F)c1. The third-order valence-electron chi connectivity index (χ3n) is 1.81. The smallest absolute Gasteiger partial charge is 0.406 e. The Balaban J connectivity index is 0.00000137. The van der Waals surface area contributed by atoms with Gasteiger partial charge < -0.3 is 4.74 Å². The summed E-state index contributed by atoms with van der Waals surface area (Å²) in [7, 11) is 0. The number of ether oxygens (including phenoxy) is 1. The van der Waals surface area contributed by atoms with Gasteiger partial charge in [0.1, 0.15) is 5.75 Å². The van der Waals surface area contributed by atoms with Crippen molar-refractivity contribution in [2.45, 2.75) is 40.5 Å². The molecule has 104 valence electrons. The predicted octanol–water partition coefficient (Wildman–Crippen LogP) is 5.46. The van der Waals surface area contributed by atoms with Crippen LogP contribution in [0.5, 0.6) is 5.75 Å². The van der Waals surface area contributed by atoms with Crippen molar-refractivity contribution in [3.8, 4) is 5.75 Å². The van der Waals surface area contributed by atoms with Gasteiger partial charge in [0.15, 0.2) is 0 Å². The Labute approximate surface area is 111 Å². The molecule has 0 fully saturated rings. The quantitative estimate of drug-likeness (QED) is 0.715. The van der Waals surface area contributed by atoms with Crippen LogP contribution >= 0.6 is 11.6 Å². The van der Waals surface area contributed by atoms with E-state index in [-0.39, 0.29) is 10.8 Å². The van der Waals surface area contributed by atoms with Crippen LogP contribution in [-0.2, 0) is 6.42 Å². The third-order valence-corrected chi connectivity index (χ3v) is 2.03. The molecule has 0 aliphatic heterocycles. The molecule has 0 spiro atoms. The molecule has 1 aromatic carbocycles. The highest BCUT2D eigenvalue weighted by Crippen LogP contribution is 2.27. The van der Waals surface area contributed by atoms with E-state index in [1.165, 1.54) is 6.07 Å². The molecule has 0 radical (unpaired) electrons. The van der Waals surface area contributed by atoms with Crippen LogP contribution in [0.25, 0.3) is 0 Å². The molecular formula is C13H18ClF3O. The zero-order valence-electron chi connectivity index (χ0n) is 10.9. The van der Waals surface area contributed by atoms with Crippen LogP contribution < -0.4 is 4.74 Å². The average Bonchev–Trinajstić information content (AvgIpc) is 2.15. The summed E-state index contributed by atoms with van der Waals surface area (Å²) in [6.07, 6.45) is -4.02. The second kappa shape index (κ2) is 7.52. The Kier molecular flexibility index (Phi) is 7.14. The number of halogens is 4. The molecule has 1 nitrogen and oxygen atoms in total. The molecule has 0 unspecified atom stereocenters. The first-order valence-electron chi connectivity index (χ1n) is 5.81. The number of alkyl halides is 3. The van der Waals surface area contributed by atoms with Gasteiger partial charge in [-0.1, -0.05) is 39.3 Å². The lowest BCUT2D eigenvalue weighted by Crippen LogP contribution is -2.17. The number of benzene rings is 1. The van der Waals surface area contributed by atoms with Gasteiger partial charge in [-0.05, 0) is 36.1 Å². The van der Waals surface area contributed by atoms with E-state index in [9.17, 15) is 13.2 Å². The molecule has 0 N–H and O–H groups in total. The number of rotatable bonds is 3.